The number of ether oxygens (including phenoxy) is 9. The number of carbonyl (C=O) groups excluding carboxylic acids is 1. The van der Waals surface area contributed by atoms with Crippen LogP contribution in [0.3, 0.4) is 0 Å². The van der Waals surface area contributed by atoms with Crippen molar-refractivity contribution in [2.75, 3.05) is 112 Å². The quantitative estimate of drug-likeness (QED) is 0.0456. The summed E-state index contributed by atoms with van der Waals surface area (Å²) in [6.07, 6.45) is 23.7. The summed E-state index contributed by atoms with van der Waals surface area (Å²) in [5, 5.41) is 0. The average molecular weight is 707 g/mol. The predicted octanol–water partition coefficient (Wildman–Crippen LogP) is 8.11. The van der Waals surface area contributed by atoms with Crippen molar-refractivity contribution >= 4 is 5.97 Å². The van der Waals surface area contributed by atoms with Crippen molar-refractivity contribution in [2.45, 2.75) is 136 Å². The molecular weight excluding hydrogens is 628 g/mol. The topological polar surface area (TPSA) is 100 Å². The highest BCUT2D eigenvalue weighted by molar-refractivity contribution is 5.69. The monoisotopic (exact) mass is 707 g/mol. The van der Waals surface area contributed by atoms with Crippen molar-refractivity contribution in [3.05, 3.63) is 0 Å². The van der Waals surface area contributed by atoms with Crippen LogP contribution in [0.15, 0.2) is 0 Å². The minimum Gasteiger partial charge on any atom is -0.463 e. The maximum atomic E-state index is 11.9. The summed E-state index contributed by atoms with van der Waals surface area (Å²) in [6.45, 7) is 13.5. The van der Waals surface area contributed by atoms with Gasteiger partial charge in [0.25, 0.3) is 0 Å². The largest absolute Gasteiger partial charge is 0.463 e. The van der Waals surface area contributed by atoms with Crippen LogP contribution >= 0.6 is 0 Å². The summed E-state index contributed by atoms with van der Waals surface area (Å²) in [4.78, 5) is 11.9. The summed E-state index contributed by atoms with van der Waals surface area (Å²) < 4.78 is 49.3. The Morgan fingerprint density at radius 2 is 0.531 bits per heavy atom. The molecule has 10 heteroatoms. The van der Waals surface area contributed by atoms with Crippen LogP contribution in [0, 0.1) is 0 Å². The fourth-order valence-corrected chi connectivity index (χ4v) is 5.02. The second-order valence-corrected chi connectivity index (χ2v) is 12.5. The van der Waals surface area contributed by atoms with E-state index in [1.165, 1.54) is 96.3 Å². The molecular formula is C39H78O10. The van der Waals surface area contributed by atoms with E-state index in [-0.39, 0.29) is 5.97 Å². The smallest absolute Gasteiger partial charge is 0.305 e. The highest BCUT2D eigenvalue weighted by Crippen LogP contribution is 2.13. The number of rotatable bonds is 44. The summed E-state index contributed by atoms with van der Waals surface area (Å²) in [6, 6.07) is 0. The number of unbranched alkanes of at least 4 members (excludes halogenated alkanes) is 16. The molecule has 0 aromatic heterocycles. The number of hydrogen-bond acceptors (Lipinski definition) is 10. The van der Waals surface area contributed by atoms with Gasteiger partial charge in [-0.25, -0.2) is 0 Å². The first-order valence-electron chi connectivity index (χ1n) is 20.1. The van der Waals surface area contributed by atoms with Crippen molar-refractivity contribution in [3.63, 3.8) is 0 Å². The average Bonchev–Trinajstić information content (AvgIpc) is 3.11. The van der Waals surface area contributed by atoms with E-state index in [0.29, 0.717) is 112 Å². The molecule has 10 nitrogen and oxygen atoms in total. The van der Waals surface area contributed by atoms with Gasteiger partial charge in [-0.15, -0.1) is 0 Å². The van der Waals surface area contributed by atoms with Gasteiger partial charge in [-0.2, -0.15) is 0 Å². The minimum absolute atomic E-state index is 0.126. The Balaban J connectivity index is 3.12. The molecule has 0 amide bonds. The zero-order chi connectivity index (χ0) is 35.4. The standard InChI is InChI=1S/C39H78O10/c1-3-5-7-9-10-11-12-13-14-15-16-17-19-21-39(40)49-38-37-48-36-35-47-34-33-46-32-31-45-30-29-44-28-27-43-26-25-42-24-23-41-22-20-18-8-6-4-2/h3-38H2,1-2H3. The van der Waals surface area contributed by atoms with Crippen molar-refractivity contribution in [2.24, 2.45) is 0 Å². The van der Waals surface area contributed by atoms with E-state index in [1.54, 1.807) is 0 Å². The molecule has 0 aliphatic heterocycles. The van der Waals surface area contributed by atoms with E-state index in [4.69, 9.17) is 42.6 Å². The SMILES string of the molecule is CCCCCCCCCCCCCCCC(=O)OCCOCCOCCOCCOCCOCCOCCOCCOCCCCCCC. The third-order valence-corrected chi connectivity index (χ3v) is 7.97. The molecule has 0 aromatic rings. The van der Waals surface area contributed by atoms with Crippen LogP contribution in [0.25, 0.3) is 0 Å². The Morgan fingerprint density at radius 3 is 0.857 bits per heavy atom. The molecule has 49 heavy (non-hydrogen) atoms. The molecule has 0 unspecified atom stereocenters. The Kier molecular flexibility index (Phi) is 44.4. The van der Waals surface area contributed by atoms with E-state index >= 15 is 0 Å². The van der Waals surface area contributed by atoms with Crippen molar-refractivity contribution in [1.29, 1.82) is 0 Å². The zero-order valence-electron chi connectivity index (χ0n) is 32.0. The van der Waals surface area contributed by atoms with Crippen molar-refractivity contribution in [1.82, 2.24) is 0 Å². The first-order chi connectivity index (χ1) is 24.3. The van der Waals surface area contributed by atoms with Gasteiger partial charge in [-0.05, 0) is 12.8 Å². The van der Waals surface area contributed by atoms with E-state index < -0.39 is 0 Å². The van der Waals surface area contributed by atoms with Crippen LogP contribution in [-0.2, 0) is 47.4 Å². The van der Waals surface area contributed by atoms with Gasteiger partial charge in [0.1, 0.15) is 6.61 Å². The van der Waals surface area contributed by atoms with Gasteiger partial charge >= 0.3 is 5.97 Å². The van der Waals surface area contributed by atoms with Gasteiger partial charge in [-0.1, -0.05) is 117 Å². The highest BCUT2D eigenvalue weighted by Gasteiger charge is 2.03. The third kappa shape index (κ3) is 45.1. The van der Waals surface area contributed by atoms with E-state index in [0.717, 1.165) is 25.9 Å². The van der Waals surface area contributed by atoms with Crippen LogP contribution in [-0.4, -0.2) is 118 Å². The van der Waals surface area contributed by atoms with Crippen molar-refractivity contribution in [3.8, 4) is 0 Å². The lowest BCUT2D eigenvalue weighted by Crippen LogP contribution is -2.15. The van der Waals surface area contributed by atoms with Crippen LogP contribution < -0.4 is 0 Å². The molecule has 0 saturated carbocycles. The van der Waals surface area contributed by atoms with E-state index in [2.05, 4.69) is 13.8 Å². The van der Waals surface area contributed by atoms with Gasteiger partial charge in [0.05, 0.1) is 99.1 Å². The molecule has 0 bridgehead atoms. The molecule has 0 radical (unpaired) electrons. The van der Waals surface area contributed by atoms with Crippen LogP contribution in [0.1, 0.15) is 136 Å². The predicted molar refractivity (Wildman–Crippen MR) is 197 cm³/mol. The second kappa shape index (κ2) is 45.2. The molecule has 0 rings (SSSR count). The molecule has 0 saturated heterocycles. The summed E-state index contributed by atoms with van der Waals surface area (Å²) >= 11 is 0. The van der Waals surface area contributed by atoms with Gasteiger partial charge in [0.2, 0.25) is 0 Å². The Hall–Kier alpha value is -0.850. The van der Waals surface area contributed by atoms with Crippen LogP contribution in [0.5, 0.6) is 0 Å². The number of carbonyl (C=O) groups is 1. The molecule has 0 spiro atoms. The van der Waals surface area contributed by atoms with Gasteiger partial charge in [0, 0.05) is 13.0 Å². The molecule has 0 fully saturated rings. The lowest BCUT2D eigenvalue weighted by Gasteiger charge is -2.09. The fraction of sp³-hybridized carbons (Fsp3) is 0.974. The van der Waals surface area contributed by atoms with E-state index in [9.17, 15) is 4.79 Å². The highest BCUT2D eigenvalue weighted by atomic mass is 16.6. The lowest BCUT2D eigenvalue weighted by atomic mass is 10.0. The number of hydrogen-bond donors (Lipinski definition) is 0. The third-order valence-electron chi connectivity index (χ3n) is 7.97. The maximum absolute atomic E-state index is 11.9. The molecule has 0 atom stereocenters. The lowest BCUT2D eigenvalue weighted by molar-refractivity contribution is -0.145. The first-order valence-corrected chi connectivity index (χ1v) is 20.1. The van der Waals surface area contributed by atoms with Gasteiger partial charge < -0.3 is 42.6 Å². The molecule has 0 heterocycles. The Morgan fingerprint density at radius 1 is 0.286 bits per heavy atom. The summed E-state index contributed by atoms with van der Waals surface area (Å²) in [5.74, 6) is -0.126. The Labute approximate surface area is 301 Å². The second-order valence-electron chi connectivity index (χ2n) is 12.5. The molecule has 0 aliphatic carbocycles. The minimum atomic E-state index is -0.126. The van der Waals surface area contributed by atoms with E-state index in [1.807, 2.05) is 0 Å². The van der Waals surface area contributed by atoms with Crippen LogP contribution in [0.4, 0.5) is 0 Å². The zero-order valence-corrected chi connectivity index (χ0v) is 32.0. The summed E-state index contributed by atoms with van der Waals surface area (Å²) in [7, 11) is 0. The molecule has 0 aliphatic rings. The first kappa shape index (κ1) is 48.1. The fourth-order valence-electron chi connectivity index (χ4n) is 5.02. The van der Waals surface area contributed by atoms with Crippen LogP contribution in [0.2, 0.25) is 0 Å². The normalized spacial score (nSPS) is 11.5. The molecule has 0 aromatic carbocycles. The van der Waals surface area contributed by atoms with Gasteiger partial charge in [-0.3, -0.25) is 4.79 Å². The molecule has 0 N–H and O–H groups in total. The summed E-state index contributed by atoms with van der Waals surface area (Å²) in [5.41, 5.74) is 0. The van der Waals surface area contributed by atoms with Gasteiger partial charge in [0.15, 0.2) is 0 Å². The Bertz CT molecular complexity index is 610. The maximum Gasteiger partial charge on any atom is 0.305 e. The van der Waals surface area contributed by atoms with Crippen molar-refractivity contribution < 1.29 is 47.4 Å². The number of esters is 1. The molecule has 294 valence electrons.